The van der Waals surface area contributed by atoms with Gasteiger partial charge in [-0.1, -0.05) is 0 Å². The maximum absolute atomic E-state index is 13.7. The maximum atomic E-state index is 13.7. The van der Waals surface area contributed by atoms with E-state index in [1.807, 2.05) is 0 Å². The predicted molar refractivity (Wildman–Crippen MR) is 133 cm³/mol. The van der Waals surface area contributed by atoms with Crippen LogP contribution in [0.5, 0.6) is 0 Å². The van der Waals surface area contributed by atoms with Crippen molar-refractivity contribution in [1.82, 2.24) is 10.6 Å². The lowest BCUT2D eigenvalue weighted by molar-refractivity contribution is -0.184. The van der Waals surface area contributed by atoms with Crippen LogP contribution in [0.2, 0.25) is 0 Å². The molecule has 0 atom stereocenters. The molecule has 0 aromatic carbocycles. The Bertz CT molecular complexity index is 775. The summed E-state index contributed by atoms with van der Waals surface area (Å²) >= 11 is 0. The van der Waals surface area contributed by atoms with Gasteiger partial charge >= 0.3 is 11.9 Å². The zero-order valence-electron chi connectivity index (χ0n) is 22.8. The Morgan fingerprint density at radius 2 is 1.00 bits per heavy atom. The minimum atomic E-state index is -1.68. The van der Waals surface area contributed by atoms with Crippen LogP contribution in [0.15, 0.2) is 0 Å². The van der Waals surface area contributed by atoms with Gasteiger partial charge in [-0.2, -0.15) is 10.5 Å². The van der Waals surface area contributed by atoms with Gasteiger partial charge < -0.3 is 20.1 Å². The molecule has 2 rings (SSSR count). The lowest BCUT2D eigenvalue weighted by Crippen LogP contribution is -2.61. The van der Waals surface area contributed by atoms with Crippen LogP contribution in [0.4, 0.5) is 0 Å². The van der Waals surface area contributed by atoms with Crippen molar-refractivity contribution in [2.24, 2.45) is 5.41 Å². The van der Waals surface area contributed by atoms with Crippen molar-refractivity contribution < 1.29 is 19.1 Å². The molecular weight excluding hydrogens is 444 g/mol. The molecule has 0 aromatic rings. The van der Waals surface area contributed by atoms with Gasteiger partial charge in [-0.15, -0.1) is 0 Å². The van der Waals surface area contributed by atoms with Gasteiger partial charge in [-0.05, 0) is 68.2 Å². The van der Waals surface area contributed by atoms with Crippen molar-refractivity contribution in [3.8, 4) is 12.1 Å². The molecule has 2 saturated heterocycles. The molecule has 8 nitrogen and oxygen atoms in total. The highest BCUT2D eigenvalue weighted by Gasteiger charge is 2.52. The number of hydrogen-bond donors (Lipinski definition) is 2. The Hall–Kier alpha value is -2.16. The smallest absolute Gasteiger partial charge is 0.323 e. The number of hydrogen-bond acceptors (Lipinski definition) is 8. The topological polar surface area (TPSA) is 124 Å². The van der Waals surface area contributed by atoms with Crippen LogP contribution < -0.4 is 10.6 Å². The fourth-order valence-corrected chi connectivity index (χ4v) is 6.31. The molecule has 0 radical (unpaired) electrons. The summed E-state index contributed by atoms with van der Waals surface area (Å²) in [6, 6.07) is 4.10. The van der Waals surface area contributed by atoms with E-state index in [1.54, 1.807) is 0 Å². The first kappa shape index (κ1) is 29.1. The third-order valence-corrected chi connectivity index (χ3v) is 6.96. The number of carbonyl (C=O) groups excluding carboxylic acids is 2. The highest BCUT2D eigenvalue weighted by molar-refractivity contribution is 6.00. The largest absolute Gasteiger partial charge is 0.461 e. The average molecular weight is 489 g/mol. The van der Waals surface area contributed by atoms with Crippen molar-refractivity contribution in [2.45, 2.75) is 141 Å². The van der Waals surface area contributed by atoms with Gasteiger partial charge in [0.15, 0.2) is 5.41 Å². The Labute approximate surface area is 211 Å². The molecule has 2 fully saturated rings. The minimum absolute atomic E-state index is 0.0119. The first-order valence-electron chi connectivity index (χ1n) is 12.7. The molecule has 0 amide bonds. The maximum Gasteiger partial charge on any atom is 0.323 e. The van der Waals surface area contributed by atoms with Crippen LogP contribution in [0.3, 0.4) is 0 Å². The molecular formula is C27H44N4O4. The van der Waals surface area contributed by atoms with Gasteiger partial charge in [0.25, 0.3) is 0 Å². The van der Waals surface area contributed by atoms with E-state index in [9.17, 15) is 20.1 Å². The third kappa shape index (κ3) is 7.92. The molecule has 2 heterocycles. The van der Waals surface area contributed by atoms with Crippen LogP contribution >= 0.6 is 0 Å². The van der Waals surface area contributed by atoms with Gasteiger partial charge in [0, 0.05) is 60.7 Å². The summed E-state index contributed by atoms with van der Waals surface area (Å²) in [5.41, 5.74) is -2.67. The molecule has 0 aromatic heterocycles. The molecule has 0 spiro atoms. The van der Waals surface area contributed by atoms with E-state index in [-0.39, 0.29) is 60.0 Å². The molecule has 0 unspecified atom stereocenters. The van der Waals surface area contributed by atoms with Crippen molar-refractivity contribution in [1.29, 1.82) is 10.5 Å². The molecule has 2 N–H and O–H groups in total. The van der Waals surface area contributed by atoms with Gasteiger partial charge in [-0.3, -0.25) is 9.59 Å². The number of carbonyl (C=O) groups is 2. The summed E-state index contributed by atoms with van der Waals surface area (Å²) in [6.45, 7) is 16.5. The molecule has 0 aliphatic carbocycles. The molecule has 2 aliphatic rings. The number of rotatable bonds is 8. The first-order valence-corrected chi connectivity index (χ1v) is 12.7. The van der Waals surface area contributed by atoms with Crippen LogP contribution in [-0.2, 0) is 19.1 Å². The number of ether oxygens (including phenoxy) is 2. The Morgan fingerprint density at radius 3 is 1.26 bits per heavy atom. The number of nitriles is 2. The molecule has 2 aliphatic heterocycles. The quantitative estimate of drug-likeness (QED) is 0.383. The summed E-state index contributed by atoms with van der Waals surface area (Å²) in [7, 11) is 0. The standard InChI is InChI=1S/C27H44N4O4/c1-23(2)15-19(16-24(3,4)30-23)34-21(32)27(11-9-13-28,12-10-14-29)22(33)35-20-17-25(5,6)31-26(7,8)18-20/h19-20,30-31H,9-12,15-18H2,1-8H3. The zero-order valence-corrected chi connectivity index (χ0v) is 22.8. The highest BCUT2D eigenvalue weighted by atomic mass is 16.6. The number of nitrogens with one attached hydrogen (secondary N) is 2. The second kappa shape index (κ2) is 10.4. The zero-order chi connectivity index (χ0) is 26.7. The SMILES string of the molecule is CC1(C)CC(OC(=O)C(CCC#N)(CCC#N)C(=O)OC2CC(C)(C)NC(C)(C)C2)CC(C)(C)N1. The van der Waals surface area contributed by atoms with Gasteiger partial charge in [0.05, 0.1) is 12.1 Å². The van der Waals surface area contributed by atoms with Crippen molar-refractivity contribution in [2.75, 3.05) is 0 Å². The molecule has 196 valence electrons. The number of esters is 2. The van der Waals surface area contributed by atoms with Crippen LogP contribution in [-0.4, -0.2) is 46.3 Å². The Morgan fingerprint density at radius 1 is 0.714 bits per heavy atom. The summed E-state index contributed by atoms with van der Waals surface area (Å²) < 4.78 is 12.0. The summed E-state index contributed by atoms with van der Waals surface area (Å²) in [5, 5.41) is 25.7. The second-order valence-corrected chi connectivity index (χ2v) is 13.1. The predicted octanol–water partition coefficient (Wildman–Crippen LogP) is 4.29. The minimum Gasteiger partial charge on any atom is -0.461 e. The van der Waals surface area contributed by atoms with Crippen LogP contribution in [0.1, 0.15) is 107 Å². The van der Waals surface area contributed by atoms with E-state index in [2.05, 4.69) is 78.2 Å². The first-order chi connectivity index (χ1) is 15.9. The molecule has 0 saturated carbocycles. The van der Waals surface area contributed by atoms with E-state index >= 15 is 0 Å². The van der Waals surface area contributed by atoms with E-state index < -0.39 is 17.4 Å². The van der Waals surface area contributed by atoms with E-state index in [0.29, 0.717) is 25.7 Å². The number of piperidine rings is 2. The van der Waals surface area contributed by atoms with Crippen molar-refractivity contribution in [3.05, 3.63) is 0 Å². The van der Waals surface area contributed by atoms with Gasteiger partial charge in [0.1, 0.15) is 12.2 Å². The van der Waals surface area contributed by atoms with Crippen molar-refractivity contribution in [3.63, 3.8) is 0 Å². The lowest BCUT2D eigenvalue weighted by atomic mass is 9.77. The molecule has 8 heteroatoms. The summed E-state index contributed by atoms with van der Waals surface area (Å²) in [4.78, 5) is 27.5. The van der Waals surface area contributed by atoms with Crippen LogP contribution in [0, 0.1) is 28.1 Å². The van der Waals surface area contributed by atoms with Gasteiger partial charge in [0.2, 0.25) is 0 Å². The van der Waals surface area contributed by atoms with E-state index in [4.69, 9.17) is 9.47 Å². The van der Waals surface area contributed by atoms with Gasteiger partial charge in [-0.25, -0.2) is 0 Å². The van der Waals surface area contributed by atoms with Crippen LogP contribution in [0.25, 0.3) is 0 Å². The second-order valence-electron chi connectivity index (χ2n) is 13.1. The van der Waals surface area contributed by atoms with E-state index in [1.165, 1.54) is 0 Å². The highest BCUT2D eigenvalue weighted by Crippen LogP contribution is 2.39. The summed E-state index contributed by atoms with van der Waals surface area (Å²) in [5.74, 6) is -1.36. The summed E-state index contributed by atoms with van der Waals surface area (Å²) in [6.07, 6.45) is 1.53. The lowest BCUT2D eigenvalue weighted by Gasteiger charge is -2.47. The fraction of sp³-hybridized carbons (Fsp3) is 0.852. The molecule has 35 heavy (non-hydrogen) atoms. The van der Waals surface area contributed by atoms with E-state index in [0.717, 1.165) is 0 Å². The third-order valence-electron chi connectivity index (χ3n) is 6.96. The van der Waals surface area contributed by atoms with Crippen molar-refractivity contribution >= 4 is 11.9 Å². The fourth-order valence-electron chi connectivity index (χ4n) is 6.31. The monoisotopic (exact) mass is 488 g/mol. The Kier molecular flexibility index (Phi) is 8.68. The average Bonchev–Trinajstić information content (AvgIpc) is 2.63. The number of nitrogens with zero attached hydrogens (tertiary/aromatic N) is 2. The normalized spacial score (nSPS) is 23.5. The molecule has 0 bridgehead atoms. The Balaban J connectivity index is 2.34.